The zero-order valence-electron chi connectivity index (χ0n) is 14.7. The fraction of sp³-hybridized carbons (Fsp3) is 0.0909. The van der Waals surface area contributed by atoms with Crippen molar-refractivity contribution >= 4 is 45.4 Å². The van der Waals surface area contributed by atoms with E-state index in [0.717, 1.165) is 27.9 Å². The Hall–Kier alpha value is -2.69. The summed E-state index contributed by atoms with van der Waals surface area (Å²) >= 11 is 7.90. The van der Waals surface area contributed by atoms with Crippen molar-refractivity contribution in [2.24, 2.45) is 0 Å². The summed E-state index contributed by atoms with van der Waals surface area (Å²) in [6.45, 7) is 2.13. The molecule has 2 aromatic carbocycles. The van der Waals surface area contributed by atoms with Crippen molar-refractivity contribution in [3.05, 3.63) is 82.2 Å². The van der Waals surface area contributed by atoms with E-state index in [1.54, 1.807) is 23.5 Å². The molecule has 2 heterocycles. The van der Waals surface area contributed by atoms with Gasteiger partial charge in [-0.25, -0.2) is 4.98 Å². The summed E-state index contributed by atoms with van der Waals surface area (Å²) in [5, 5.41) is 4.25. The Morgan fingerprint density at radius 3 is 2.63 bits per heavy atom. The SMILES string of the molecule is CCc1ccc(-c2cc(C(=O)Nc3ccccc3Cl)c3ccccc3n2)s1. The van der Waals surface area contributed by atoms with Gasteiger partial charge in [-0.2, -0.15) is 0 Å². The number of nitrogens with zero attached hydrogens (tertiary/aromatic N) is 1. The Morgan fingerprint density at radius 1 is 1.07 bits per heavy atom. The van der Waals surface area contributed by atoms with Crippen LogP contribution >= 0.6 is 22.9 Å². The Labute approximate surface area is 166 Å². The van der Waals surface area contributed by atoms with Crippen LogP contribution in [0.1, 0.15) is 22.2 Å². The molecule has 134 valence electrons. The number of aryl methyl sites for hydroxylation is 1. The number of pyridine rings is 1. The number of carbonyl (C=O) groups excluding carboxylic acids is 1. The molecular weight excluding hydrogens is 376 g/mol. The van der Waals surface area contributed by atoms with Gasteiger partial charge < -0.3 is 5.32 Å². The van der Waals surface area contributed by atoms with Crippen molar-refractivity contribution in [1.82, 2.24) is 4.98 Å². The maximum Gasteiger partial charge on any atom is 0.256 e. The van der Waals surface area contributed by atoms with E-state index in [1.807, 2.05) is 42.5 Å². The lowest BCUT2D eigenvalue weighted by atomic mass is 10.1. The van der Waals surface area contributed by atoms with Crippen LogP contribution in [-0.4, -0.2) is 10.9 Å². The number of fused-ring (bicyclic) bond motifs is 1. The third kappa shape index (κ3) is 3.59. The smallest absolute Gasteiger partial charge is 0.256 e. The molecule has 0 aliphatic rings. The first-order valence-corrected chi connectivity index (χ1v) is 9.90. The van der Waals surface area contributed by atoms with Crippen LogP contribution in [0.25, 0.3) is 21.5 Å². The number of para-hydroxylation sites is 2. The highest BCUT2D eigenvalue weighted by Gasteiger charge is 2.16. The quantitative estimate of drug-likeness (QED) is 0.434. The fourth-order valence-corrected chi connectivity index (χ4v) is 4.04. The zero-order chi connectivity index (χ0) is 18.8. The van der Waals surface area contributed by atoms with Gasteiger partial charge in [0.25, 0.3) is 5.91 Å². The first-order chi connectivity index (χ1) is 13.2. The monoisotopic (exact) mass is 392 g/mol. The molecule has 0 fully saturated rings. The maximum absolute atomic E-state index is 13.0. The topological polar surface area (TPSA) is 42.0 Å². The van der Waals surface area contributed by atoms with Gasteiger partial charge in [-0.1, -0.05) is 48.9 Å². The number of anilines is 1. The molecule has 0 aliphatic heterocycles. The van der Waals surface area contributed by atoms with Crippen LogP contribution in [-0.2, 0) is 6.42 Å². The number of hydrogen-bond donors (Lipinski definition) is 1. The number of carbonyl (C=O) groups is 1. The standard InChI is InChI=1S/C22H17ClN2OS/c1-2-14-11-12-21(27-14)20-13-16(15-7-3-5-9-18(15)24-20)22(26)25-19-10-6-4-8-17(19)23/h3-13H,2H2,1H3,(H,25,26). The normalized spacial score (nSPS) is 10.9. The van der Waals surface area contributed by atoms with E-state index < -0.39 is 0 Å². The minimum absolute atomic E-state index is 0.199. The zero-order valence-corrected chi connectivity index (χ0v) is 16.3. The van der Waals surface area contributed by atoms with Crippen LogP contribution in [0.4, 0.5) is 5.69 Å². The molecular formula is C22H17ClN2OS. The highest BCUT2D eigenvalue weighted by molar-refractivity contribution is 7.15. The van der Waals surface area contributed by atoms with Crippen LogP contribution in [0, 0.1) is 0 Å². The molecule has 0 aliphatic carbocycles. The van der Waals surface area contributed by atoms with E-state index in [-0.39, 0.29) is 5.91 Å². The van der Waals surface area contributed by atoms with Crippen LogP contribution in [0.3, 0.4) is 0 Å². The van der Waals surface area contributed by atoms with Crippen molar-refractivity contribution in [1.29, 1.82) is 0 Å². The summed E-state index contributed by atoms with van der Waals surface area (Å²) in [4.78, 5) is 20.1. The second-order valence-electron chi connectivity index (χ2n) is 6.13. The number of rotatable bonds is 4. The van der Waals surface area contributed by atoms with Gasteiger partial charge in [-0.05, 0) is 42.8 Å². The minimum Gasteiger partial charge on any atom is -0.321 e. The van der Waals surface area contributed by atoms with Gasteiger partial charge in [0.15, 0.2) is 0 Å². The van der Waals surface area contributed by atoms with E-state index in [4.69, 9.17) is 16.6 Å². The highest BCUT2D eigenvalue weighted by Crippen LogP contribution is 2.31. The van der Waals surface area contributed by atoms with Gasteiger partial charge in [0, 0.05) is 10.3 Å². The summed E-state index contributed by atoms with van der Waals surface area (Å²) in [6, 6.07) is 20.9. The lowest BCUT2D eigenvalue weighted by Gasteiger charge is -2.11. The van der Waals surface area contributed by atoms with E-state index in [0.29, 0.717) is 16.3 Å². The number of aromatic nitrogens is 1. The minimum atomic E-state index is -0.199. The van der Waals surface area contributed by atoms with Gasteiger partial charge in [0.2, 0.25) is 0 Å². The summed E-state index contributed by atoms with van der Waals surface area (Å²) in [5.74, 6) is -0.199. The first kappa shape index (κ1) is 17.7. The van der Waals surface area contributed by atoms with Crippen molar-refractivity contribution in [2.75, 3.05) is 5.32 Å². The van der Waals surface area contributed by atoms with E-state index in [1.165, 1.54) is 4.88 Å². The summed E-state index contributed by atoms with van der Waals surface area (Å²) in [6.07, 6.45) is 0.984. The van der Waals surface area contributed by atoms with Crippen molar-refractivity contribution in [3.8, 4) is 10.6 Å². The number of amides is 1. The van der Waals surface area contributed by atoms with Crippen LogP contribution in [0.15, 0.2) is 66.7 Å². The first-order valence-electron chi connectivity index (χ1n) is 8.70. The average Bonchev–Trinajstić information content (AvgIpc) is 3.18. The average molecular weight is 393 g/mol. The number of halogens is 1. The van der Waals surface area contributed by atoms with E-state index >= 15 is 0 Å². The number of hydrogen-bond acceptors (Lipinski definition) is 3. The molecule has 27 heavy (non-hydrogen) atoms. The molecule has 2 aromatic heterocycles. The Kier molecular flexibility index (Phi) is 4.92. The molecule has 0 atom stereocenters. The molecule has 3 nitrogen and oxygen atoms in total. The number of nitrogens with one attached hydrogen (secondary N) is 1. The summed E-state index contributed by atoms with van der Waals surface area (Å²) in [5.41, 5.74) is 2.78. The molecule has 5 heteroatoms. The van der Waals surface area contributed by atoms with Gasteiger partial charge >= 0.3 is 0 Å². The number of benzene rings is 2. The second-order valence-corrected chi connectivity index (χ2v) is 7.70. The second kappa shape index (κ2) is 7.51. The Balaban J connectivity index is 1.81. The van der Waals surface area contributed by atoms with E-state index in [2.05, 4.69) is 24.4 Å². The van der Waals surface area contributed by atoms with Crippen molar-refractivity contribution < 1.29 is 4.79 Å². The van der Waals surface area contributed by atoms with Crippen LogP contribution in [0.2, 0.25) is 5.02 Å². The molecule has 0 radical (unpaired) electrons. The summed E-state index contributed by atoms with van der Waals surface area (Å²) in [7, 11) is 0. The Bertz CT molecular complexity index is 1140. The fourth-order valence-electron chi connectivity index (χ4n) is 2.95. The largest absolute Gasteiger partial charge is 0.321 e. The van der Waals surface area contributed by atoms with Gasteiger partial charge in [-0.3, -0.25) is 4.79 Å². The maximum atomic E-state index is 13.0. The van der Waals surface area contributed by atoms with Gasteiger partial charge in [-0.15, -0.1) is 11.3 Å². The predicted octanol–water partition coefficient (Wildman–Crippen LogP) is 6.43. The third-order valence-corrected chi connectivity index (χ3v) is 5.93. The molecule has 1 amide bonds. The lowest BCUT2D eigenvalue weighted by molar-refractivity contribution is 0.102. The molecule has 0 unspecified atom stereocenters. The molecule has 0 spiro atoms. The van der Waals surface area contributed by atoms with Gasteiger partial charge in [0.1, 0.15) is 0 Å². The molecule has 0 saturated heterocycles. The van der Waals surface area contributed by atoms with E-state index in [9.17, 15) is 4.79 Å². The third-order valence-electron chi connectivity index (χ3n) is 4.35. The van der Waals surface area contributed by atoms with Crippen LogP contribution < -0.4 is 5.32 Å². The molecule has 0 saturated carbocycles. The van der Waals surface area contributed by atoms with Crippen molar-refractivity contribution in [3.63, 3.8) is 0 Å². The number of thiophene rings is 1. The Morgan fingerprint density at radius 2 is 1.85 bits per heavy atom. The van der Waals surface area contributed by atoms with Crippen LogP contribution in [0.5, 0.6) is 0 Å². The highest BCUT2D eigenvalue weighted by atomic mass is 35.5. The molecule has 4 rings (SSSR count). The summed E-state index contributed by atoms with van der Waals surface area (Å²) < 4.78 is 0. The lowest BCUT2D eigenvalue weighted by Crippen LogP contribution is -2.13. The van der Waals surface area contributed by atoms with Gasteiger partial charge in [0.05, 0.1) is 32.4 Å². The predicted molar refractivity (Wildman–Crippen MR) is 114 cm³/mol. The molecule has 0 bridgehead atoms. The molecule has 1 N–H and O–H groups in total. The molecule has 4 aromatic rings. The van der Waals surface area contributed by atoms with Crippen molar-refractivity contribution in [2.45, 2.75) is 13.3 Å².